The van der Waals surface area contributed by atoms with Gasteiger partial charge in [0, 0.05) is 30.7 Å². The standard InChI is InChI=1S/C19H24N4O3S/c1-13-20-6-2-16(22-13)23-8-4-19(5-9-23)17-14(3-11-26-19)12-15(27-17)18(25)21-7-10-24/h2,6,12,24H,3-5,7-11H2,1H3,(H,21,25). The molecular weight excluding hydrogens is 364 g/mol. The van der Waals surface area contributed by atoms with Crippen molar-refractivity contribution in [3.63, 3.8) is 0 Å². The summed E-state index contributed by atoms with van der Waals surface area (Å²) in [5.74, 6) is 1.62. The first-order valence-electron chi connectivity index (χ1n) is 9.32. The van der Waals surface area contributed by atoms with Gasteiger partial charge in [-0.3, -0.25) is 4.79 Å². The molecule has 0 unspecified atom stereocenters. The molecule has 1 spiro atoms. The van der Waals surface area contributed by atoms with E-state index in [1.807, 2.05) is 19.1 Å². The van der Waals surface area contributed by atoms with Crippen LogP contribution in [0, 0.1) is 6.92 Å². The summed E-state index contributed by atoms with van der Waals surface area (Å²) >= 11 is 1.54. The van der Waals surface area contributed by atoms with E-state index in [2.05, 4.69) is 20.2 Å². The highest BCUT2D eigenvalue weighted by molar-refractivity contribution is 7.14. The molecule has 1 fully saturated rings. The summed E-state index contributed by atoms with van der Waals surface area (Å²) in [6, 6.07) is 3.95. The van der Waals surface area contributed by atoms with Gasteiger partial charge in [-0.2, -0.15) is 0 Å². The first-order chi connectivity index (χ1) is 13.1. The van der Waals surface area contributed by atoms with Crippen molar-refractivity contribution in [2.45, 2.75) is 31.8 Å². The van der Waals surface area contributed by atoms with Crippen LogP contribution in [0.15, 0.2) is 18.3 Å². The molecule has 2 aliphatic heterocycles. The fraction of sp³-hybridized carbons (Fsp3) is 0.526. The van der Waals surface area contributed by atoms with E-state index in [0.29, 0.717) is 11.5 Å². The summed E-state index contributed by atoms with van der Waals surface area (Å²) in [6.07, 6.45) is 4.39. The Labute approximate surface area is 162 Å². The van der Waals surface area contributed by atoms with Gasteiger partial charge < -0.3 is 20.1 Å². The highest BCUT2D eigenvalue weighted by atomic mass is 32.1. The zero-order valence-corrected chi connectivity index (χ0v) is 16.2. The molecule has 0 atom stereocenters. The number of anilines is 1. The lowest BCUT2D eigenvalue weighted by molar-refractivity contribution is -0.0735. The molecule has 27 heavy (non-hydrogen) atoms. The van der Waals surface area contributed by atoms with Crippen LogP contribution >= 0.6 is 11.3 Å². The zero-order valence-electron chi connectivity index (χ0n) is 15.4. The number of ether oxygens (including phenoxy) is 1. The third-order valence-electron chi connectivity index (χ3n) is 5.25. The second-order valence-electron chi connectivity index (χ2n) is 6.99. The van der Waals surface area contributed by atoms with E-state index in [-0.39, 0.29) is 24.7 Å². The van der Waals surface area contributed by atoms with Gasteiger partial charge in [0.05, 0.1) is 18.1 Å². The second-order valence-corrected chi connectivity index (χ2v) is 8.04. The summed E-state index contributed by atoms with van der Waals surface area (Å²) in [6.45, 7) is 4.53. The lowest BCUT2D eigenvalue weighted by Crippen LogP contribution is -2.46. The molecule has 1 amide bonds. The number of aromatic nitrogens is 2. The van der Waals surface area contributed by atoms with Crippen LogP contribution in [0.25, 0.3) is 0 Å². The zero-order chi connectivity index (χ0) is 18.9. The number of aliphatic hydroxyl groups excluding tert-OH is 1. The molecular formula is C19H24N4O3S. The van der Waals surface area contributed by atoms with Crippen molar-refractivity contribution < 1.29 is 14.6 Å². The summed E-state index contributed by atoms with van der Waals surface area (Å²) in [5.41, 5.74) is 0.929. The quantitative estimate of drug-likeness (QED) is 0.828. The van der Waals surface area contributed by atoms with Crippen LogP contribution in [-0.2, 0) is 16.8 Å². The number of fused-ring (bicyclic) bond motifs is 2. The molecule has 4 rings (SSSR count). The van der Waals surface area contributed by atoms with E-state index in [0.717, 1.165) is 44.0 Å². The molecule has 8 heteroatoms. The summed E-state index contributed by atoms with van der Waals surface area (Å²) < 4.78 is 6.29. The number of carbonyl (C=O) groups excluding carboxylic acids is 1. The van der Waals surface area contributed by atoms with Gasteiger partial charge in [0.15, 0.2) is 0 Å². The maximum Gasteiger partial charge on any atom is 0.261 e. The van der Waals surface area contributed by atoms with E-state index in [4.69, 9.17) is 9.84 Å². The van der Waals surface area contributed by atoms with Crippen molar-refractivity contribution in [1.29, 1.82) is 0 Å². The molecule has 7 nitrogen and oxygen atoms in total. The summed E-state index contributed by atoms with van der Waals surface area (Å²) in [7, 11) is 0. The van der Waals surface area contributed by atoms with Crippen LogP contribution in [0.4, 0.5) is 5.82 Å². The first-order valence-corrected chi connectivity index (χ1v) is 10.1. The number of thiophene rings is 1. The van der Waals surface area contributed by atoms with Gasteiger partial charge >= 0.3 is 0 Å². The number of nitrogens with one attached hydrogen (secondary N) is 1. The molecule has 0 radical (unpaired) electrons. The number of nitrogens with zero attached hydrogens (tertiary/aromatic N) is 3. The van der Waals surface area contributed by atoms with Crippen molar-refractivity contribution in [3.05, 3.63) is 39.5 Å². The molecule has 2 aromatic rings. The van der Waals surface area contributed by atoms with Crippen LogP contribution in [0.1, 0.15) is 38.8 Å². The Morgan fingerprint density at radius 2 is 2.26 bits per heavy atom. The Morgan fingerprint density at radius 3 is 3.00 bits per heavy atom. The topological polar surface area (TPSA) is 87.6 Å². The molecule has 0 bridgehead atoms. The number of hydrogen-bond acceptors (Lipinski definition) is 7. The number of amides is 1. The van der Waals surface area contributed by atoms with Gasteiger partial charge in [-0.1, -0.05) is 0 Å². The Hall–Kier alpha value is -2.03. The van der Waals surface area contributed by atoms with Crippen molar-refractivity contribution >= 4 is 23.1 Å². The number of rotatable bonds is 4. The van der Waals surface area contributed by atoms with Gasteiger partial charge in [-0.25, -0.2) is 9.97 Å². The molecule has 144 valence electrons. The number of piperidine rings is 1. The lowest BCUT2D eigenvalue weighted by Gasteiger charge is -2.44. The molecule has 0 saturated carbocycles. The van der Waals surface area contributed by atoms with Crippen LogP contribution in [0.5, 0.6) is 0 Å². The molecule has 0 aromatic carbocycles. The molecule has 4 heterocycles. The monoisotopic (exact) mass is 388 g/mol. The number of carbonyl (C=O) groups is 1. The number of aryl methyl sites for hydroxylation is 1. The Morgan fingerprint density at radius 1 is 1.44 bits per heavy atom. The maximum absolute atomic E-state index is 12.3. The van der Waals surface area contributed by atoms with E-state index in [1.54, 1.807) is 6.20 Å². The van der Waals surface area contributed by atoms with Gasteiger partial charge in [0.25, 0.3) is 5.91 Å². The van der Waals surface area contributed by atoms with Crippen molar-refractivity contribution in [2.24, 2.45) is 0 Å². The average molecular weight is 388 g/mol. The van der Waals surface area contributed by atoms with Gasteiger partial charge in [-0.15, -0.1) is 11.3 Å². The van der Waals surface area contributed by atoms with Crippen molar-refractivity contribution in [1.82, 2.24) is 15.3 Å². The SMILES string of the molecule is Cc1nccc(N2CCC3(CC2)OCCc2cc(C(=O)NCCO)sc23)n1. The second kappa shape index (κ2) is 7.53. The van der Waals surface area contributed by atoms with Crippen molar-refractivity contribution in [3.8, 4) is 0 Å². The average Bonchev–Trinajstić information content (AvgIpc) is 3.13. The third kappa shape index (κ3) is 3.56. The van der Waals surface area contributed by atoms with Crippen LogP contribution in [0.2, 0.25) is 0 Å². The fourth-order valence-corrected chi connectivity index (χ4v) is 5.21. The molecule has 0 aliphatic carbocycles. The largest absolute Gasteiger partial charge is 0.395 e. The Kier molecular flexibility index (Phi) is 5.12. The van der Waals surface area contributed by atoms with E-state index < -0.39 is 0 Å². The molecule has 1 saturated heterocycles. The van der Waals surface area contributed by atoms with Crippen LogP contribution in [0.3, 0.4) is 0 Å². The Balaban J connectivity index is 1.53. The van der Waals surface area contributed by atoms with Crippen molar-refractivity contribution in [2.75, 3.05) is 37.7 Å². The fourth-order valence-electron chi connectivity index (χ4n) is 3.88. The minimum atomic E-state index is -0.299. The first kappa shape index (κ1) is 18.3. The highest BCUT2D eigenvalue weighted by Gasteiger charge is 2.43. The molecule has 2 aliphatic rings. The normalized spacial score (nSPS) is 18.4. The van der Waals surface area contributed by atoms with E-state index in [1.165, 1.54) is 21.8 Å². The van der Waals surface area contributed by atoms with Crippen LogP contribution in [-0.4, -0.2) is 53.8 Å². The minimum Gasteiger partial charge on any atom is -0.395 e. The van der Waals surface area contributed by atoms with Gasteiger partial charge in [-0.05, 0) is 43.9 Å². The van der Waals surface area contributed by atoms with E-state index >= 15 is 0 Å². The third-order valence-corrected chi connectivity index (χ3v) is 6.61. The van der Waals surface area contributed by atoms with Gasteiger partial charge in [0.2, 0.25) is 0 Å². The number of aliphatic hydroxyl groups is 1. The van der Waals surface area contributed by atoms with Crippen LogP contribution < -0.4 is 10.2 Å². The molecule has 2 N–H and O–H groups in total. The Bertz CT molecular complexity index is 830. The van der Waals surface area contributed by atoms with Gasteiger partial charge in [0.1, 0.15) is 17.2 Å². The minimum absolute atomic E-state index is 0.0533. The maximum atomic E-state index is 12.3. The summed E-state index contributed by atoms with van der Waals surface area (Å²) in [4.78, 5) is 25.2. The predicted octanol–water partition coefficient (Wildman–Crippen LogP) is 1.64. The number of hydrogen-bond donors (Lipinski definition) is 2. The highest BCUT2D eigenvalue weighted by Crippen LogP contribution is 2.45. The lowest BCUT2D eigenvalue weighted by atomic mass is 9.85. The smallest absolute Gasteiger partial charge is 0.261 e. The van der Waals surface area contributed by atoms with E-state index in [9.17, 15) is 4.79 Å². The predicted molar refractivity (Wildman–Crippen MR) is 103 cm³/mol. The summed E-state index contributed by atoms with van der Waals surface area (Å²) in [5, 5.41) is 11.7. The molecule has 2 aromatic heterocycles.